The molecule has 26 heavy (non-hydrogen) atoms. The van der Waals surface area contributed by atoms with Crippen LogP contribution >= 0.6 is 11.6 Å². The number of H-pyrrole nitrogens is 1. The van der Waals surface area contributed by atoms with Gasteiger partial charge in [-0.25, -0.2) is 9.97 Å². The Morgan fingerprint density at radius 1 is 1.08 bits per heavy atom. The quantitative estimate of drug-likeness (QED) is 0.563. The molecule has 0 bridgehead atoms. The van der Waals surface area contributed by atoms with E-state index in [0.29, 0.717) is 16.4 Å². The minimum absolute atomic E-state index is 0.218. The number of carbonyl (C=O) groups excluding carboxylic acids is 1. The first-order valence-electron chi connectivity index (χ1n) is 8.12. The molecule has 1 amide bonds. The van der Waals surface area contributed by atoms with Crippen LogP contribution in [0, 0.1) is 0 Å². The SMILES string of the molecule is O=C(Nc1ccc(Cc2c[nH]c3ncccc23)cn1)c1ccc(Cl)cc1. The van der Waals surface area contributed by atoms with Crippen molar-refractivity contribution in [1.82, 2.24) is 15.0 Å². The molecule has 0 aliphatic carbocycles. The summed E-state index contributed by atoms with van der Waals surface area (Å²) < 4.78 is 0. The maximum atomic E-state index is 12.2. The highest BCUT2D eigenvalue weighted by Gasteiger charge is 2.08. The van der Waals surface area contributed by atoms with Crippen molar-refractivity contribution in [2.24, 2.45) is 0 Å². The van der Waals surface area contributed by atoms with E-state index in [2.05, 4.69) is 20.3 Å². The largest absolute Gasteiger partial charge is 0.346 e. The molecule has 0 saturated carbocycles. The van der Waals surface area contributed by atoms with Crippen LogP contribution in [0.5, 0.6) is 0 Å². The van der Waals surface area contributed by atoms with Gasteiger partial charge in [-0.15, -0.1) is 0 Å². The monoisotopic (exact) mass is 362 g/mol. The molecule has 4 aromatic rings. The number of benzene rings is 1. The number of anilines is 1. The van der Waals surface area contributed by atoms with Gasteiger partial charge in [0.05, 0.1) is 0 Å². The molecule has 128 valence electrons. The minimum Gasteiger partial charge on any atom is -0.346 e. The van der Waals surface area contributed by atoms with Crippen LogP contribution in [0.25, 0.3) is 11.0 Å². The van der Waals surface area contributed by atoms with E-state index in [4.69, 9.17) is 11.6 Å². The van der Waals surface area contributed by atoms with E-state index in [1.165, 1.54) is 0 Å². The Kier molecular flexibility index (Phi) is 4.37. The zero-order valence-electron chi connectivity index (χ0n) is 13.7. The third-order valence-electron chi connectivity index (χ3n) is 4.10. The Morgan fingerprint density at radius 2 is 1.92 bits per heavy atom. The second-order valence-corrected chi connectivity index (χ2v) is 6.34. The highest BCUT2D eigenvalue weighted by atomic mass is 35.5. The van der Waals surface area contributed by atoms with Gasteiger partial charge in [0.25, 0.3) is 5.91 Å². The van der Waals surface area contributed by atoms with E-state index in [0.717, 1.165) is 28.6 Å². The number of rotatable bonds is 4. The van der Waals surface area contributed by atoms with Crippen LogP contribution in [0.4, 0.5) is 5.82 Å². The topological polar surface area (TPSA) is 70.7 Å². The van der Waals surface area contributed by atoms with E-state index in [9.17, 15) is 4.79 Å². The van der Waals surface area contributed by atoms with Crippen molar-refractivity contribution in [2.75, 3.05) is 5.32 Å². The number of pyridine rings is 2. The standard InChI is InChI=1S/C20H15ClN4O/c21-16-6-4-14(5-7-16)20(26)25-18-8-3-13(11-23-18)10-15-12-24-19-17(15)2-1-9-22-19/h1-9,11-12H,10H2,(H,22,24)(H,23,25,26). The molecule has 0 aliphatic heterocycles. The zero-order valence-corrected chi connectivity index (χ0v) is 14.5. The van der Waals surface area contributed by atoms with Crippen molar-refractivity contribution in [2.45, 2.75) is 6.42 Å². The first-order chi connectivity index (χ1) is 12.7. The third kappa shape index (κ3) is 3.43. The lowest BCUT2D eigenvalue weighted by atomic mass is 10.1. The fourth-order valence-corrected chi connectivity index (χ4v) is 2.90. The molecule has 4 rings (SSSR count). The minimum atomic E-state index is -0.218. The van der Waals surface area contributed by atoms with Crippen molar-refractivity contribution in [1.29, 1.82) is 0 Å². The Hall–Kier alpha value is -3.18. The molecule has 0 fully saturated rings. The van der Waals surface area contributed by atoms with Crippen molar-refractivity contribution >= 4 is 34.4 Å². The number of amides is 1. The number of nitrogens with one attached hydrogen (secondary N) is 2. The predicted octanol–water partition coefficient (Wildman–Crippen LogP) is 4.45. The smallest absolute Gasteiger partial charge is 0.256 e. The van der Waals surface area contributed by atoms with Gasteiger partial charge >= 0.3 is 0 Å². The van der Waals surface area contributed by atoms with Crippen LogP contribution in [-0.4, -0.2) is 20.9 Å². The number of hydrogen-bond acceptors (Lipinski definition) is 3. The van der Waals surface area contributed by atoms with Crippen molar-refractivity contribution in [3.05, 3.63) is 88.8 Å². The van der Waals surface area contributed by atoms with Crippen LogP contribution in [0.15, 0.2) is 67.1 Å². The number of halogens is 1. The van der Waals surface area contributed by atoms with Crippen LogP contribution in [0.2, 0.25) is 5.02 Å². The van der Waals surface area contributed by atoms with Crippen LogP contribution in [-0.2, 0) is 6.42 Å². The second kappa shape index (κ2) is 6.98. The molecule has 0 aliphatic rings. The Balaban J connectivity index is 1.46. The maximum absolute atomic E-state index is 12.2. The number of carbonyl (C=O) groups is 1. The average molecular weight is 363 g/mol. The average Bonchev–Trinajstić information content (AvgIpc) is 3.07. The molecular weight excluding hydrogens is 348 g/mol. The summed E-state index contributed by atoms with van der Waals surface area (Å²) in [5.74, 6) is 0.291. The summed E-state index contributed by atoms with van der Waals surface area (Å²) in [6.07, 6.45) is 6.24. The third-order valence-corrected chi connectivity index (χ3v) is 4.36. The van der Waals surface area contributed by atoms with Crippen molar-refractivity contribution < 1.29 is 4.79 Å². The Bertz CT molecular complexity index is 1060. The second-order valence-electron chi connectivity index (χ2n) is 5.90. The zero-order chi connectivity index (χ0) is 17.9. The van der Waals surface area contributed by atoms with Gasteiger partial charge in [0, 0.05) is 41.0 Å². The summed E-state index contributed by atoms with van der Waals surface area (Å²) in [6.45, 7) is 0. The molecule has 2 N–H and O–H groups in total. The molecule has 6 heteroatoms. The van der Waals surface area contributed by atoms with Crippen LogP contribution in [0.1, 0.15) is 21.5 Å². The van der Waals surface area contributed by atoms with Crippen molar-refractivity contribution in [3.63, 3.8) is 0 Å². The number of fused-ring (bicyclic) bond motifs is 1. The lowest BCUT2D eigenvalue weighted by molar-refractivity contribution is 0.102. The first-order valence-corrected chi connectivity index (χ1v) is 8.50. The molecule has 0 atom stereocenters. The Labute approximate surface area is 155 Å². The lowest BCUT2D eigenvalue weighted by Gasteiger charge is -2.06. The predicted molar refractivity (Wildman–Crippen MR) is 103 cm³/mol. The van der Waals surface area contributed by atoms with Gasteiger partial charge in [-0.2, -0.15) is 0 Å². The van der Waals surface area contributed by atoms with E-state index >= 15 is 0 Å². The molecule has 0 spiro atoms. The molecule has 1 aromatic carbocycles. The van der Waals surface area contributed by atoms with Gasteiger partial charge < -0.3 is 10.3 Å². The number of aromatic nitrogens is 3. The highest BCUT2D eigenvalue weighted by molar-refractivity contribution is 6.30. The fraction of sp³-hybridized carbons (Fsp3) is 0.0500. The van der Waals surface area contributed by atoms with Crippen LogP contribution in [0.3, 0.4) is 0 Å². The summed E-state index contributed by atoms with van der Waals surface area (Å²) in [7, 11) is 0. The molecular formula is C20H15ClN4O. The molecule has 3 aromatic heterocycles. The highest BCUT2D eigenvalue weighted by Crippen LogP contribution is 2.19. The van der Waals surface area contributed by atoms with E-state index in [-0.39, 0.29) is 5.91 Å². The van der Waals surface area contributed by atoms with Gasteiger partial charge in [-0.1, -0.05) is 17.7 Å². The molecule has 0 unspecified atom stereocenters. The van der Waals surface area contributed by atoms with Crippen LogP contribution < -0.4 is 5.32 Å². The van der Waals surface area contributed by atoms with Gasteiger partial charge in [-0.05, 0) is 53.6 Å². The summed E-state index contributed by atoms with van der Waals surface area (Å²) >= 11 is 5.84. The maximum Gasteiger partial charge on any atom is 0.256 e. The molecule has 3 heterocycles. The fourth-order valence-electron chi connectivity index (χ4n) is 2.77. The van der Waals surface area contributed by atoms with E-state index in [1.54, 1.807) is 42.7 Å². The molecule has 0 radical (unpaired) electrons. The summed E-state index contributed by atoms with van der Waals surface area (Å²) in [5.41, 5.74) is 3.63. The summed E-state index contributed by atoms with van der Waals surface area (Å²) in [5, 5.41) is 4.48. The summed E-state index contributed by atoms with van der Waals surface area (Å²) in [4.78, 5) is 24.0. The number of nitrogens with zero attached hydrogens (tertiary/aromatic N) is 2. The van der Waals surface area contributed by atoms with Gasteiger partial charge in [-0.3, -0.25) is 4.79 Å². The normalized spacial score (nSPS) is 10.8. The van der Waals surface area contributed by atoms with Gasteiger partial charge in [0.1, 0.15) is 11.5 Å². The summed E-state index contributed by atoms with van der Waals surface area (Å²) in [6, 6.07) is 14.5. The Morgan fingerprint density at radius 3 is 2.69 bits per heavy atom. The number of aromatic amines is 1. The van der Waals surface area contributed by atoms with E-state index < -0.39 is 0 Å². The number of hydrogen-bond donors (Lipinski definition) is 2. The van der Waals surface area contributed by atoms with Gasteiger partial charge in [0.2, 0.25) is 0 Å². The van der Waals surface area contributed by atoms with E-state index in [1.807, 2.05) is 24.4 Å². The van der Waals surface area contributed by atoms with Gasteiger partial charge in [0.15, 0.2) is 0 Å². The molecule has 5 nitrogen and oxygen atoms in total. The lowest BCUT2D eigenvalue weighted by Crippen LogP contribution is -2.12. The first kappa shape index (κ1) is 16.3. The van der Waals surface area contributed by atoms with Crippen molar-refractivity contribution in [3.8, 4) is 0 Å². The molecule has 0 saturated heterocycles.